The molecule has 0 saturated carbocycles. The van der Waals surface area contributed by atoms with Gasteiger partial charge in [-0.2, -0.15) is 0 Å². The van der Waals surface area contributed by atoms with Crippen LogP contribution in [0.4, 0.5) is 0 Å². The van der Waals surface area contributed by atoms with Crippen LogP contribution in [0.2, 0.25) is 0 Å². The van der Waals surface area contributed by atoms with E-state index >= 15 is 0 Å². The summed E-state index contributed by atoms with van der Waals surface area (Å²) in [7, 11) is 0. The second kappa shape index (κ2) is 6.03. The molecule has 18 heavy (non-hydrogen) atoms. The van der Waals surface area contributed by atoms with Gasteiger partial charge in [-0.05, 0) is 41.8 Å². The molecule has 0 aliphatic heterocycles. The first-order valence-electron chi connectivity index (χ1n) is 5.86. The topological polar surface area (TPSA) is 35.2 Å². The average Bonchev–Trinajstić information content (AvgIpc) is 2.39. The van der Waals surface area contributed by atoms with Gasteiger partial charge in [-0.3, -0.25) is 0 Å². The summed E-state index contributed by atoms with van der Waals surface area (Å²) < 4.78 is 6.82. The van der Waals surface area contributed by atoms with Gasteiger partial charge in [-0.15, -0.1) is 0 Å². The first-order chi connectivity index (χ1) is 8.70. The number of halogens is 1. The van der Waals surface area contributed by atoms with Crippen molar-refractivity contribution in [3.8, 4) is 5.75 Å². The maximum absolute atomic E-state index is 5.79. The second-order valence-corrected chi connectivity index (χ2v) is 5.03. The molecule has 0 unspecified atom stereocenters. The van der Waals surface area contributed by atoms with Crippen LogP contribution in [0.1, 0.15) is 16.7 Å². The lowest BCUT2D eigenvalue weighted by atomic mass is 10.1. The summed E-state index contributed by atoms with van der Waals surface area (Å²) in [6, 6.07) is 14.1. The Morgan fingerprint density at radius 3 is 2.61 bits per heavy atom. The summed E-state index contributed by atoms with van der Waals surface area (Å²) in [6.45, 7) is 3.17. The van der Waals surface area contributed by atoms with Gasteiger partial charge >= 0.3 is 0 Å². The number of nitrogens with two attached hydrogens (primary N) is 1. The van der Waals surface area contributed by atoms with E-state index in [1.807, 2.05) is 30.3 Å². The van der Waals surface area contributed by atoms with Crippen LogP contribution in [0.15, 0.2) is 46.9 Å². The van der Waals surface area contributed by atoms with E-state index < -0.39 is 0 Å². The van der Waals surface area contributed by atoms with Gasteiger partial charge in [-0.25, -0.2) is 0 Å². The van der Waals surface area contributed by atoms with Crippen LogP contribution in [0, 0.1) is 6.92 Å². The van der Waals surface area contributed by atoms with Crippen LogP contribution in [0.3, 0.4) is 0 Å². The lowest BCUT2D eigenvalue weighted by molar-refractivity contribution is 0.305. The van der Waals surface area contributed by atoms with Crippen molar-refractivity contribution >= 4 is 15.9 Å². The maximum Gasteiger partial charge on any atom is 0.120 e. The highest BCUT2D eigenvalue weighted by Gasteiger charge is 2.02. The molecule has 0 heterocycles. The van der Waals surface area contributed by atoms with Crippen LogP contribution >= 0.6 is 15.9 Å². The third kappa shape index (κ3) is 3.12. The standard InChI is InChI=1S/C15H16BrNO/c1-11-4-2-3-5-12(11)10-18-14-6-7-15(16)13(8-14)9-17/h2-8H,9-10,17H2,1H3. The summed E-state index contributed by atoms with van der Waals surface area (Å²) in [5.74, 6) is 0.849. The molecule has 0 atom stereocenters. The van der Waals surface area contributed by atoms with Gasteiger partial charge in [0.05, 0.1) is 0 Å². The number of ether oxygens (including phenoxy) is 1. The molecule has 3 heteroatoms. The number of rotatable bonds is 4. The molecule has 0 fully saturated rings. The molecule has 0 aliphatic carbocycles. The van der Waals surface area contributed by atoms with Crippen molar-refractivity contribution < 1.29 is 4.74 Å². The van der Waals surface area contributed by atoms with Crippen LogP contribution < -0.4 is 10.5 Å². The highest BCUT2D eigenvalue weighted by molar-refractivity contribution is 9.10. The fraction of sp³-hybridized carbons (Fsp3) is 0.200. The average molecular weight is 306 g/mol. The molecule has 2 rings (SSSR count). The summed E-state index contributed by atoms with van der Waals surface area (Å²) in [5, 5.41) is 0. The molecule has 2 nitrogen and oxygen atoms in total. The summed E-state index contributed by atoms with van der Waals surface area (Å²) in [6.07, 6.45) is 0. The van der Waals surface area contributed by atoms with Crippen LogP contribution in [0.5, 0.6) is 5.75 Å². The molecule has 0 aromatic heterocycles. The fourth-order valence-electron chi connectivity index (χ4n) is 1.73. The largest absolute Gasteiger partial charge is 0.489 e. The van der Waals surface area contributed by atoms with Gasteiger partial charge < -0.3 is 10.5 Å². The minimum atomic E-state index is 0.502. The molecule has 2 N–H and O–H groups in total. The maximum atomic E-state index is 5.79. The fourth-order valence-corrected chi connectivity index (χ4v) is 2.14. The zero-order chi connectivity index (χ0) is 13.0. The third-order valence-corrected chi connectivity index (χ3v) is 3.67. The molecule has 2 aromatic rings. The Labute approximate surface area is 116 Å². The summed E-state index contributed by atoms with van der Waals surface area (Å²) in [4.78, 5) is 0. The quantitative estimate of drug-likeness (QED) is 0.932. The van der Waals surface area contributed by atoms with Crippen molar-refractivity contribution in [2.75, 3.05) is 0 Å². The zero-order valence-electron chi connectivity index (χ0n) is 10.3. The lowest BCUT2D eigenvalue weighted by Crippen LogP contribution is -2.00. The monoisotopic (exact) mass is 305 g/mol. The van der Waals surface area contributed by atoms with Crippen LogP contribution in [-0.2, 0) is 13.2 Å². The molecule has 2 aromatic carbocycles. The van der Waals surface area contributed by atoms with Crippen molar-refractivity contribution in [1.82, 2.24) is 0 Å². The van der Waals surface area contributed by atoms with Crippen molar-refractivity contribution in [3.05, 3.63) is 63.6 Å². The Kier molecular flexibility index (Phi) is 4.39. The SMILES string of the molecule is Cc1ccccc1COc1ccc(Br)c(CN)c1. The van der Waals surface area contributed by atoms with E-state index in [1.54, 1.807) is 0 Å². The van der Waals surface area contributed by atoms with Gasteiger partial charge in [0.25, 0.3) is 0 Å². The molecule has 0 amide bonds. The molecule has 0 aliphatic rings. The van der Waals surface area contributed by atoms with Gasteiger partial charge in [0.1, 0.15) is 12.4 Å². The normalized spacial score (nSPS) is 10.4. The molecule has 0 radical (unpaired) electrons. The van der Waals surface area contributed by atoms with Gasteiger partial charge in [0, 0.05) is 11.0 Å². The smallest absolute Gasteiger partial charge is 0.120 e. The number of aryl methyl sites for hydroxylation is 1. The van der Waals surface area contributed by atoms with Crippen molar-refractivity contribution in [2.45, 2.75) is 20.1 Å². The summed E-state index contributed by atoms with van der Waals surface area (Å²) in [5.41, 5.74) is 9.17. The van der Waals surface area contributed by atoms with E-state index in [0.717, 1.165) is 15.8 Å². The highest BCUT2D eigenvalue weighted by Crippen LogP contribution is 2.23. The third-order valence-electron chi connectivity index (χ3n) is 2.89. The Balaban J connectivity index is 2.09. The second-order valence-electron chi connectivity index (χ2n) is 4.17. The molecule has 0 saturated heterocycles. The predicted molar refractivity (Wildman–Crippen MR) is 77.5 cm³/mol. The van der Waals surface area contributed by atoms with E-state index in [0.29, 0.717) is 13.2 Å². The summed E-state index contributed by atoms with van der Waals surface area (Å²) >= 11 is 3.46. The number of hydrogen-bond donors (Lipinski definition) is 1. The Bertz CT molecular complexity index is 540. The van der Waals surface area contributed by atoms with Crippen molar-refractivity contribution in [2.24, 2.45) is 5.73 Å². The van der Waals surface area contributed by atoms with Crippen LogP contribution in [0.25, 0.3) is 0 Å². The van der Waals surface area contributed by atoms with Gasteiger partial charge in [0.15, 0.2) is 0 Å². The zero-order valence-corrected chi connectivity index (χ0v) is 11.9. The van der Waals surface area contributed by atoms with Gasteiger partial charge in [0.2, 0.25) is 0 Å². The Morgan fingerprint density at radius 1 is 1.11 bits per heavy atom. The molecule has 0 bridgehead atoms. The number of benzene rings is 2. The first kappa shape index (κ1) is 13.1. The predicted octanol–water partition coefficient (Wildman–Crippen LogP) is 3.80. The van der Waals surface area contributed by atoms with E-state index in [1.165, 1.54) is 11.1 Å². The minimum absolute atomic E-state index is 0.502. The molecular formula is C15H16BrNO. The lowest BCUT2D eigenvalue weighted by Gasteiger charge is -2.10. The van der Waals surface area contributed by atoms with Gasteiger partial charge in [-0.1, -0.05) is 40.2 Å². The van der Waals surface area contributed by atoms with E-state index in [-0.39, 0.29) is 0 Å². The number of hydrogen-bond acceptors (Lipinski definition) is 2. The van der Waals surface area contributed by atoms with E-state index in [2.05, 4.69) is 35.0 Å². The van der Waals surface area contributed by atoms with E-state index in [9.17, 15) is 0 Å². The van der Waals surface area contributed by atoms with Crippen LogP contribution in [-0.4, -0.2) is 0 Å². The Hall–Kier alpha value is -1.32. The highest BCUT2D eigenvalue weighted by atomic mass is 79.9. The van der Waals surface area contributed by atoms with E-state index in [4.69, 9.17) is 10.5 Å². The van der Waals surface area contributed by atoms with Crippen molar-refractivity contribution in [1.29, 1.82) is 0 Å². The minimum Gasteiger partial charge on any atom is -0.489 e. The molecule has 0 spiro atoms. The Morgan fingerprint density at radius 2 is 1.89 bits per heavy atom. The molecular weight excluding hydrogens is 290 g/mol. The van der Waals surface area contributed by atoms with Crippen molar-refractivity contribution in [3.63, 3.8) is 0 Å². The molecule has 94 valence electrons. The first-order valence-corrected chi connectivity index (χ1v) is 6.66.